The molecule has 1 aromatic carbocycles. The van der Waals surface area contributed by atoms with Gasteiger partial charge < -0.3 is 19.6 Å². The number of fused-ring (bicyclic) bond motifs is 2. The van der Waals surface area contributed by atoms with E-state index >= 15 is 0 Å². The van der Waals surface area contributed by atoms with E-state index in [9.17, 15) is 0 Å². The molecule has 0 fully saturated rings. The molecule has 4 aromatic rings. The first-order valence-corrected chi connectivity index (χ1v) is 8.43. The zero-order chi connectivity index (χ0) is 17.6. The van der Waals surface area contributed by atoms with E-state index in [1.807, 2.05) is 55.9 Å². The van der Waals surface area contributed by atoms with Crippen molar-refractivity contribution >= 4 is 45.3 Å². The van der Waals surface area contributed by atoms with Gasteiger partial charge in [0.25, 0.3) is 0 Å². The van der Waals surface area contributed by atoms with Crippen molar-refractivity contribution in [3.05, 3.63) is 41.7 Å². The van der Waals surface area contributed by atoms with Crippen LogP contribution >= 0.6 is 11.6 Å². The maximum absolute atomic E-state index is 6.02. The van der Waals surface area contributed by atoms with Crippen LogP contribution in [0.2, 0.25) is 5.15 Å². The number of aryl methyl sites for hydroxylation is 1. The molecule has 0 bridgehead atoms. The van der Waals surface area contributed by atoms with Crippen LogP contribution in [-0.4, -0.2) is 25.6 Å². The fraction of sp³-hybridized carbons (Fsp3) is 0.222. The summed E-state index contributed by atoms with van der Waals surface area (Å²) in [4.78, 5) is 12.2. The maximum atomic E-state index is 6.02. The van der Waals surface area contributed by atoms with Gasteiger partial charge in [-0.25, -0.2) is 9.97 Å². The van der Waals surface area contributed by atoms with Crippen molar-refractivity contribution in [1.82, 2.24) is 19.5 Å². The van der Waals surface area contributed by atoms with Crippen LogP contribution < -0.4 is 10.1 Å². The van der Waals surface area contributed by atoms with Crippen LogP contribution in [0.15, 0.2) is 36.5 Å². The molecule has 7 heteroatoms. The number of nitrogens with zero attached hydrogens (tertiary/aromatic N) is 3. The average molecular weight is 356 g/mol. The molecule has 3 heterocycles. The Labute approximate surface area is 149 Å². The van der Waals surface area contributed by atoms with E-state index in [0.717, 1.165) is 39.5 Å². The van der Waals surface area contributed by atoms with E-state index < -0.39 is 0 Å². The predicted molar refractivity (Wildman–Crippen MR) is 101 cm³/mol. The number of halogens is 1. The molecule has 0 atom stereocenters. The topological polar surface area (TPSA) is 67.8 Å². The number of nitrogens with one attached hydrogen (secondary N) is 2. The van der Waals surface area contributed by atoms with E-state index in [0.29, 0.717) is 5.15 Å². The Hall–Kier alpha value is -2.73. The molecule has 6 nitrogen and oxygen atoms in total. The van der Waals surface area contributed by atoms with Gasteiger partial charge in [0.15, 0.2) is 0 Å². The van der Waals surface area contributed by atoms with Crippen LogP contribution in [0.3, 0.4) is 0 Å². The molecule has 0 spiro atoms. The van der Waals surface area contributed by atoms with Crippen molar-refractivity contribution in [3.63, 3.8) is 0 Å². The standard InChI is InChI=1S/C18H18ClN5O/c1-10(2)25-11-4-5-12-15(8-11)24(3)18(21-12)22-14-9-20-13-6-7-16(19)23-17(13)14/h4-10,20H,1-3H3,(H,21,22). The summed E-state index contributed by atoms with van der Waals surface area (Å²) in [5, 5.41) is 3.79. The summed E-state index contributed by atoms with van der Waals surface area (Å²) in [6.45, 7) is 4.02. The molecule has 0 saturated carbocycles. The van der Waals surface area contributed by atoms with Gasteiger partial charge in [0, 0.05) is 19.3 Å². The predicted octanol–water partition coefficient (Wildman–Crippen LogP) is 4.63. The second-order valence-corrected chi connectivity index (χ2v) is 6.56. The van der Waals surface area contributed by atoms with E-state index in [4.69, 9.17) is 16.3 Å². The number of imidazole rings is 1. The van der Waals surface area contributed by atoms with Crippen LogP contribution in [0.5, 0.6) is 5.75 Å². The Balaban J connectivity index is 1.73. The molecule has 3 aromatic heterocycles. The number of rotatable bonds is 4. The van der Waals surface area contributed by atoms with Gasteiger partial charge in [0.1, 0.15) is 16.4 Å². The number of aromatic nitrogens is 4. The highest BCUT2D eigenvalue weighted by atomic mass is 35.5. The van der Waals surface area contributed by atoms with Gasteiger partial charge in [0.05, 0.1) is 28.3 Å². The molecule has 0 unspecified atom stereocenters. The Morgan fingerprint density at radius 1 is 1.20 bits per heavy atom. The molecule has 0 aliphatic heterocycles. The fourth-order valence-corrected chi connectivity index (χ4v) is 2.97. The SMILES string of the molecule is CC(C)Oc1ccc2nc(Nc3c[nH]c4ccc(Cl)nc34)n(C)c2c1. The lowest BCUT2D eigenvalue weighted by Gasteiger charge is -2.09. The number of anilines is 2. The van der Waals surface area contributed by atoms with Crippen LogP contribution in [0, 0.1) is 0 Å². The summed E-state index contributed by atoms with van der Waals surface area (Å²) in [5.41, 5.74) is 4.41. The van der Waals surface area contributed by atoms with E-state index in [2.05, 4.69) is 20.3 Å². The van der Waals surface area contributed by atoms with Gasteiger partial charge in [-0.05, 0) is 38.1 Å². The van der Waals surface area contributed by atoms with E-state index in [-0.39, 0.29) is 6.10 Å². The highest BCUT2D eigenvalue weighted by Gasteiger charge is 2.12. The lowest BCUT2D eigenvalue weighted by molar-refractivity contribution is 0.242. The second kappa shape index (κ2) is 5.97. The fourth-order valence-electron chi connectivity index (χ4n) is 2.82. The Morgan fingerprint density at radius 2 is 2.04 bits per heavy atom. The van der Waals surface area contributed by atoms with E-state index in [1.165, 1.54) is 0 Å². The summed E-state index contributed by atoms with van der Waals surface area (Å²) < 4.78 is 7.76. The Bertz CT molecular complexity index is 1070. The summed E-state index contributed by atoms with van der Waals surface area (Å²) in [6.07, 6.45) is 1.99. The number of aromatic amines is 1. The number of H-pyrrole nitrogens is 1. The molecular weight excluding hydrogens is 338 g/mol. The highest BCUT2D eigenvalue weighted by Crippen LogP contribution is 2.29. The zero-order valence-corrected chi connectivity index (χ0v) is 14.9. The van der Waals surface area contributed by atoms with E-state index in [1.54, 1.807) is 6.07 Å². The minimum absolute atomic E-state index is 0.130. The number of ether oxygens (including phenoxy) is 1. The van der Waals surface area contributed by atoms with Crippen molar-refractivity contribution in [2.75, 3.05) is 5.32 Å². The van der Waals surface area contributed by atoms with Crippen molar-refractivity contribution in [3.8, 4) is 5.75 Å². The van der Waals surface area contributed by atoms with Gasteiger partial charge in [-0.15, -0.1) is 0 Å². The Morgan fingerprint density at radius 3 is 2.84 bits per heavy atom. The summed E-state index contributed by atoms with van der Waals surface area (Å²) >= 11 is 6.02. The molecular formula is C18H18ClN5O. The normalized spacial score (nSPS) is 11.6. The third-order valence-corrected chi connectivity index (χ3v) is 4.17. The van der Waals surface area contributed by atoms with Crippen molar-refractivity contribution in [1.29, 1.82) is 0 Å². The lowest BCUT2D eigenvalue weighted by Crippen LogP contribution is -2.05. The maximum Gasteiger partial charge on any atom is 0.208 e. The van der Waals surface area contributed by atoms with Gasteiger partial charge in [-0.1, -0.05) is 11.6 Å². The summed E-state index contributed by atoms with van der Waals surface area (Å²) in [7, 11) is 1.96. The molecule has 0 saturated heterocycles. The smallest absolute Gasteiger partial charge is 0.208 e. The summed E-state index contributed by atoms with van der Waals surface area (Å²) in [6, 6.07) is 9.56. The monoisotopic (exact) mass is 355 g/mol. The van der Waals surface area contributed by atoms with Gasteiger partial charge in [0.2, 0.25) is 5.95 Å². The molecule has 2 N–H and O–H groups in total. The third-order valence-electron chi connectivity index (χ3n) is 3.96. The van der Waals surface area contributed by atoms with Crippen molar-refractivity contribution < 1.29 is 4.74 Å². The molecule has 0 radical (unpaired) electrons. The number of hydrogen-bond acceptors (Lipinski definition) is 4. The van der Waals surface area contributed by atoms with Crippen LogP contribution in [0.4, 0.5) is 11.6 Å². The average Bonchev–Trinajstić information content (AvgIpc) is 3.09. The van der Waals surface area contributed by atoms with Crippen molar-refractivity contribution in [2.24, 2.45) is 7.05 Å². The zero-order valence-electron chi connectivity index (χ0n) is 14.2. The third kappa shape index (κ3) is 2.89. The van der Waals surface area contributed by atoms with Crippen molar-refractivity contribution in [2.45, 2.75) is 20.0 Å². The minimum atomic E-state index is 0.130. The molecule has 0 aliphatic carbocycles. The summed E-state index contributed by atoms with van der Waals surface area (Å²) in [5.74, 6) is 1.55. The molecule has 0 amide bonds. The molecule has 25 heavy (non-hydrogen) atoms. The molecule has 4 rings (SSSR count). The largest absolute Gasteiger partial charge is 0.491 e. The highest BCUT2D eigenvalue weighted by molar-refractivity contribution is 6.29. The number of hydrogen-bond donors (Lipinski definition) is 2. The first-order valence-electron chi connectivity index (χ1n) is 8.05. The van der Waals surface area contributed by atoms with Crippen LogP contribution in [0.25, 0.3) is 22.1 Å². The first-order chi connectivity index (χ1) is 12.0. The molecule has 0 aliphatic rings. The van der Waals surface area contributed by atoms with Gasteiger partial charge >= 0.3 is 0 Å². The number of pyridine rings is 1. The number of benzene rings is 1. The minimum Gasteiger partial charge on any atom is -0.491 e. The molecule has 128 valence electrons. The Kier molecular flexibility index (Phi) is 3.77. The quantitative estimate of drug-likeness (QED) is 0.523. The van der Waals surface area contributed by atoms with Crippen LogP contribution in [0.1, 0.15) is 13.8 Å². The second-order valence-electron chi connectivity index (χ2n) is 6.17. The van der Waals surface area contributed by atoms with Gasteiger partial charge in [-0.2, -0.15) is 0 Å². The van der Waals surface area contributed by atoms with Gasteiger partial charge in [-0.3, -0.25) is 0 Å². The first kappa shape index (κ1) is 15.8. The lowest BCUT2D eigenvalue weighted by atomic mass is 10.3. The van der Waals surface area contributed by atoms with Crippen LogP contribution in [-0.2, 0) is 7.05 Å².